The number of anilines is 1. The van der Waals surface area contributed by atoms with Gasteiger partial charge in [-0.15, -0.1) is 0 Å². The molecule has 0 heterocycles. The van der Waals surface area contributed by atoms with Crippen molar-refractivity contribution in [2.45, 2.75) is 13.3 Å². The third kappa shape index (κ3) is 3.28. The number of benzene rings is 1. The number of hydrogen-bond acceptors (Lipinski definition) is 3. The van der Waals surface area contributed by atoms with Crippen molar-refractivity contribution in [2.24, 2.45) is 5.92 Å². The molecule has 0 saturated heterocycles. The molecule has 0 bridgehead atoms. The molecule has 2 N–H and O–H groups in total. The summed E-state index contributed by atoms with van der Waals surface area (Å²) < 4.78 is 0. The average molecular weight is 218 g/mol. The summed E-state index contributed by atoms with van der Waals surface area (Å²) in [4.78, 5) is 10.8. The number of nitriles is 1. The highest BCUT2D eigenvalue weighted by Crippen LogP contribution is 2.11. The number of hydrogen-bond donors (Lipinski definition) is 2. The first-order chi connectivity index (χ1) is 7.67. The maximum absolute atomic E-state index is 10.8. The summed E-state index contributed by atoms with van der Waals surface area (Å²) in [5.74, 6) is -1.17. The Morgan fingerprint density at radius 3 is 2.56 bits per heavy atom. The minimum atomic E-state index is -0.788. The van der Waals surface area contributed by atoms with Crippen LogP contribution in [0.25, 0.3) is 0 Å². The van der Waals surface area contributed by atoms with Gasteiger partial charge in [0.1, 0.15) is 0 Å². The fourth-order valence-electron chi connectivity index (χ4n) is 1.31. The van der Waals surface area contributed by atoms with Gasteiger partial charge in [-0.2, -0.15) is 5.26 Å². The highest BCUT2D eigenvalue weighted by Gasteiger charge is 2.13. The maximum Gasteiger partial charge on any atom is 0.308 e. The lowest BCUT2D eigenvalue weighted by molar-refractivity contribution is -0.141. The van der Waals surface area contributed by atoms with Crippen molar-refractivity contribution in [3.8, 4) is 6.07 Å². The molecule has 1 unspecified atom stereocenters. The van der Waals surface area contributed by atoms with Crippen LogP contribution >= 0.6 is 0 Å². The van der Waals surface area contributed by atoms with Crippen molar-refractivity contribution in [1.29, 1.82) is 5.26 Å². The lowest BCUT2D eigenvalue weighted by Gasteiger charge is -2.11. The smallest absolute Gasteiger partial charge is 0.308 e. The molecule has 84 valence electrons. The number of carboxylic acid groups (broad SMARTS) is 1. The van der Waals surface area contributed by atoms with E-state index >= 15 is 0 Å². The van der Waals surface area contributed by atoms with E-state index in [-0.39, 0.29) is 5.92 Å². The highest BCUT2D eigenvalue weighted by molar-refractivity contribution is 5.70. The normalized spacial score (nSPS) is 11.5. The SMILES string of the molecule is CCC(CNc1ccc(C#N)cc1)C(=O)O. The minimum Gasteiger partial charge on any atom is -0.481 e. The largest absolute Gasteiger partial charge is 0.481 e. The van der Waals surface area contributed by atoms with Gasteiger partial charge in [-0.05, 0) is 30.7 Å². The van der Waals surface area contributed by atoms with Crippen LogP contribution in [-0.2, 0) is 4.79 Å². The Kier molecular flexibility index (Phi) is 4.34. The molecule has 1 aromatic carbocycles. The van der Waals surface area contributed by atoms with E-state index in [2.05, 4.69) is 5.32 Å². The first kappa shape index (κ1) is 12.1. The standard InChI is InChI=1S/C12H14N2O2/c1-2-10(12(15)16)8-14-11-5-3-9(7-13)4-6-11/h3-6,10,14H,2,8H2,1H3,(H,15,16). The molecule has 0 aliphatic heterocycles. The molecule has 1 aromatic rings. The molecule has 0 aliphatic carbocycles. The number of carboxylic acids is 1. The van der Waals surface area contributed by atoms with Crippen molar-refractivity contribution >= 4 is 11.7 Å². The van der Waals surface area contributed by atoms with E-state index in [1.807, 2.05) is 13.0 Å². The van der Waals surface area contributed by atoms with Gasteiger partial charge in [-0.1, -0.05) is 6.92 Å². The number of nitrogens with zero attached hydrogens (tertiary/aromatic N) is 1. The number of nitrogens with one attached hydrogen (secondary N) is 1. The van der Waals surface area contributed by atoms with Gasteiger partial charge in [0, 0.05) is 12.2 Å². The second-order valence-electron chi connectivity index (χ2n) is 3.51. The monoisotopic (exact) mass is 218 g/mol. The van der Waals surface area contributed by atoms with Gasteiger partial charge in [-0.3, -0.25) is 4.79 Å². The number of rotatable bonds is 5. The zero-order valence-corrected chi connectivity index (χ0v) is 9.10. The van der Waals surface area contributed by atoms with Gasteiger partial charge in [0.15, 0.2) is 0 Å². The van der Waals surface area contributed by atoms with E-state index < -0.39 is 5.97 Å². The number of aliphatic carboxylic acids is 1. The van der Waals surface area contributed by atoms with Crippen LogP contribution < -0.4 is 5.32 Å². The fourth-order valence-corrected chi connectivity index (χ4v) is 1.31. The predicted octanol–water partition coefficient (Wildman–Crippen LogP) is 2.08. The lowest BCUT2D eigenvalue weighted by Crippen LogP contribution is -2.21. The van der Waals surface area contributed by atoms with Crippen LogP contribution in [0.15, 0.2) is 24.3 Å². The van der Waals surface area contributed by atoms with Crippen LogP contribution in [0.4, 0.5) is 5.69 Å². The van der Waals surface area contributed by atoms with Crippen LogP contribution in [0.3, 0.4) is 0 Å². The number of carbonyl (C=O) groups is 1. The highest BCUT2D eigenvalue weighted by atomic mass is 16.4. The van der Waals surface area contributed by atoms with Crippen LogP contribution in [0.2, 0.25) is 0 Å². The van der Waals surface area contributed by atoms with E-state index in [0.717, 1.165) is 5.69 Å². The molecule has 0 aromatic heterocycles. The van der Waals surface area contributed by atoms with Crippen molar-refractivity contribution in [3.05, 3.63) is 29.8 Å². The Morgan fingerprint density at radius 1 is 1.50 bits per heavy atom. The third-order valence-corrected chi connectivity index (χ3v) is 2.41. The lowest BCUT2D eigenvalue weighted by atomic mass is 10.1. The Morgan fingerprint density at radius 2 is 2.12 bits per heavy atom. The quantitative estimate of drug-likeness (QED) is 0.793. The molecule has 4 heteroatoms. The van der Waals surface area contributed by atoms with Crippen molar-refractivity contribution in [3.63, 3.8) is 0 Å². The van der Waals surface area contributed by atoms with E-state index in [1.165, 1.54) is 0 Å². The molecule has 0 radical (unpaired) electrons. The van der Waals surface area contributed by atoms with Gasteiger partial charge in [-0.25, -0.2) is 0 Å². The maximum atomic E-state index is 10.8. The average Bonchev–Trinajstić information content (AvgIpc) is 2.30. The molecule has 4 nitrogen and oxygen atoms in total. The van der Waals surface area contributed by atoms with Gasteiger partial charge < -0.3 is 10.4 Å². The van der Waals surface area contributed by atoms with Crippen LogP contribution in [0.5, 0.6) is 0 Å². The van der Waals surface area contributed by atoms with Crippen LogP contribution in [-0.4, -0.2) is 17.6 Å². The predicted molar refractivity (Wildman–Crippen MR) is 61.1 cm³/mol. The molecule has 16 heavy (non-hydrogen) atoms. The zero-order valence-electron chi connectivity index (χ0n) is 9.10. The molecule has 0 fully saturated rings. The second kappa shape index (κ2) is 5.76. The van der Waals surface area contributed by atoms with Gasteiger partial charge in [0.2, 0.25) is 0 Å². The topological polar surface area (TPSA) is 73.1 Å². The van der Waals surface area contributed by atoms with Crippen molar-refractivity contribution in [1.82, 2.24) is 0 Å². The Balaban J connectivity index is 2.54. The Labute approximate surface area is 94.5 Å². The van der Waals surface area contributed by atoms with Gasteiger partial charge in [0.05, 0.1) is 17.6 Å². The summed E-state index contributed by atoms with van der Waals surface area (Å²) in [6, 6.07) is 8.97. The molecular formula is C12H14N2O2. The van der Waals surface area contributed by atoms with Crippen LogP contribution in [0, 0.1) is 17.2 Å². The molecule has 0 spiro atoms. The van der Waals surface area contributed by atoms with E-state index in [0.29, 0.717) is 18.5 Å². The molecule has 0 aliphatic rings. The summed E-state index contributed by atoms with van der Waals surface area (Å²) in [6.07, 6.45) is 0.596. The molecule has 1 rings (SSSR count). The Hall–Kier alpha value is -2.02. The fraction of sp³-hybridized carbons (Fsp3) is 0.333. The summed E-state index contributed by atoms with van der Waals surface area (Å²) in [5, 5.41) is 20.5. The molecule has 1 atom stereocenters. The zero-order chi connectivity index (χ0) is 12.0. The Bertz CT molecular complexity index is 392. The first-order valence-electron chi connectivity index (χ1n) is 5.14. The molecular weight excluding hydrogens is 204 g/mol. The summed E-state index contributed by atoms with van der Waals surface area (Å²) >= 11 is 0. The molecule has 0 amide bonds. The van der Waals surface area contributed by atoms with Gasteiger partial charge in [0.25, 0.3) is 0 Å². The summed E-state index contributed by atoms with van der Waals surface area (Å²) in [5.41, 5.74) is 1.43. The van der Waals surface area contributed by atoms with Crippen LogP contribution in [0.1, 0.15) is 18.9 Å². The summed E-state index contributed by atoms with van der Waals surface area (Å²) in [7, 11) is 0. The van der Waals surface area contributed by atoms with E-state index in [9.17, 15) is 4.79 Å². The third-order valence-electron chi connectivity index (χ3n) is 2.41. The first-order valence-corrected chi connectivity index (χ1v) is 5.14. The van der Waals surface area contributed by atoms with Crippen molar-refractivity contribution in [2.75, 3.05) is 11.9 Å². The molecule has 0 saturated carbocycles. The van der Waals surface area contributed by atoms with E-state index in [4.69, 9.17) is 10.4 Å². The van der Waals surface area contributed by atoms with Gasteiger partial charge >= 0.3 is 5.97 Å². The van der Waals surface area contributed by atoms with E-state index in [1.54, 1.807) is 24.3 Å². The summed E-state index contributed by atoms with van der Waals surface area (Å²) in [6.45, 7) is 2.25. The minimum absolute atomic E-state index is 0.379. The van der Waals surface area contributed by atoms with Crippen molar-refractivity contribution < 1.29 is 9.90 Å². The second-order valence-corrected chi connectivity index (χ2v) is 3.51.